The molecule has 2 N–H and O–H groups in total. The number of nitrogens with zero attached hydrogens (tertiary/aromatic N) is 3. The molecule has 1 heterocycles. The summed E-state index contributed by atoms with van der Waals surface area (Å²) in [6.45, 7) is 4.02. The Labute approximate surface area is 113 Å². The monoisotopic (exact) mass is 312 g/mol. The Bertz CT molecular complexity index is 559. The van der Waals surface area contributed by atoms with Crippen LogP contribution >= 0.6 is 15.9 Å². The van der Waals surface area contributed by atoms with Gasteiger partial charge in [0.15, 0.2) is 0 Å². The van der Waals surface area contributed by atoms with E-state index in [9.17, 15) is 4.39 Å². The fourth-order valence-electron chi connectivity index (χ4n) is 1.51. The second-order valence-corrected chi connectivity index (χ2v) is 5.67. The van der Waals surface area contributed by atoms with Crippen LogP contribution in [0.5, 0.6) is 0 Å². The van der Waals surface area contributed by atoms with Crippen molar-refractivity contribution < 1.29 is 4.39 Å². The van der Waals surface area contributed by atoms with Gasteiger partial charge in [-0.1, -0.05) is 21.1 Å². The van der Waals surface area contributed by atoms with Gasteiger partial charge in [-0.2, -0.15) is 0 Å². The van der Waals surface area contributed by atoms with Crippen molar-refractivity contribution in [3.63, 3.8) is 0 Å². The minimum atomic E-state index is -0.548. The standard InChI is InChI=1S/C12H14BrFN4/c1-12(2,15)11-7-18(17-16-11)6-8-5-9(13)3-4-10(8)14/h3-5,7H,6,15H2,1-2H3. The van der Waals surface area contributed by atoms with E-state index in [2.05, 4.69) is 26.2 Å². The maximum atomic E-state index is 13.6. The molecule has 2 aromatic rings. The van der Waals surface area contributed by atoms with Crippen molar-refractivity contribution in [2.45, 2.75) is 25.9 Å². The first kappa shape index (κ1) is 13.2. The van der Waals surface area contributed by atoms with E-state index in [4.69, 9.17) is 5.73 Å². The molecule has 0 unspecified atom stereocenters. The Morgan fingerprint density at radius 3 is 2.78 bits per heavy atom. The highest BCUT2D eigenvalue weighted by Gasteiger charge is 2.18. The van der Waals surface area contributed by atoms with E-state index < -0.39 is 5.54 Å². The van der Waals surface area contributed by atoms with Crippen LogP contribution in [-0.2, 0) is 12.1 Å². The summed E-state index contributed by atoms with van der Waals surface area (Å²) in [5, 5.41) is 7.94. The van der Waals surface area contributed by atoms with Crippen LogP contribution in [0.1, 0.15) is 25.1 Å². The predicted molar refractivity (Wildman–Crippen MR) is 70.4 cm³/mol. The zero-order valence-electron chi connectivity index (χ0n) is 10.2. The number of rotatable bonds is 3. The molecule has 1 aromatic carbocycles. The summed E-state index contributed by atoms with van der Waals surface area (Å²) >= 11 is 3.31. The average molecular weight is 313 g/mol. The molecular weight excluding hydrogens is 299 g/mol. The molecule has 4 nitrogen and oxygen atoms in total. The molecule has 0 fully saturated rings. The van der Waals surface area contributed by atoms with Crippen LogP contribution in [0, 0.1) is 5.82 Å². The Hall–Kier alpha value is -1.27. The minimum Gasteiger partial charge on any atom is -0.320 e. The van der Waals surface area contributed by atoms with Crippen LogP contribution in [0.15, 0.2) is 28.9 Å². The lowest BCUT2D eigenvalue weighted by Gasteiger charge is -2.13. The fourth-order valence-corrected chi connectivity index (χ4v) is 1.92. The van der Waals surface area contributed by atoms with E-state index in [1.54, 1.807) is 23.0 Å². The minimum absolute atomic E-state index is 0.262. The number of halogens is 2. The molecule has 0 aliphatic rings. The van der Waals surface area contributed by atoms with E-state index in [1.807, 2.05) is 13.8 Å². The van der Waals surface area contributed by atoms with Gasteiger partial charge in [0.25, 0.3) is 0 Å². The summed E-state index contributed by atoms with van der Waals surface area (Å²) in [6, 6.07) is 4.81. The summed E-state index contributed by atoms with van der Waals surface area (Å²) in [5.74, 6) is -0.262. The van der Waals surface area contributed by atoms with Crippen LogP contribution in [0.3, 0.4) is 0 Å². The van der Waals surface area contributed by atoms with Crippen molar-refractivity contribution in [1.82, 2.24) is 15.0 Å². The van der Waals surface area contributed by atoms with Crippen molar-refractivity contribution in [2.24, 2.45) is 5.73 Å². The van der Waals surface area contributed by atoms with E-state index in [0.717, 1.165) is 4.47 Å². The number of benzene rings is 1. The molecule has 0 radical (unpaired) electrons. The van der Waals surface area contributed by atoms with Crippen LogP contribution < -0.4 is 5.73 Å². The summed E-state index contributed by atoms with van der Waals surface area (Å²) < 4.78 is 16.0. The summed E-state index contributed by atoms with van der Waals surface area (Å²) in [5.41, 5.74) is 6.60. The van der Waals surface area contributed by atoms with Crippen LogP contribution in [-0.4, -0.2) is 15.0 Å². The van der Waals surface area contributed by atoms with Gasteiger partial charge >= 0.3 is 0 Å². The Morgan fingerprint density at radius 1 is 1.44 bits per heavy atom. The molecule has 2 rings (SSSR count). The number of aromatic nitrogens is 3. The van der Waals surface area contributed by atoms with Gasteiger partial charge in [-0.15, -0.1) is 5.10 Å². The molecule has 0 aliphatic heterocycles. The van der Waals surface area contributed by atoms with Crippen LogP contribution in [0.2, 0.25) is 0 Å². The third kappa shape index (κ3) is 2.94. The van der Waals surface area contributed by atoms with Crippen molar-refractivity contribution in [3.05, 3.63) is 45.9 Å². The molecule has 0 amide bonds. The second-order valence-electron chi connectivity index (χ2n) is 4.76. The van der Waals surface area contributed by atoms with Gasteiger partial charge in [0.05, 0.1) is 18.3 Å². The first-order valence-corrected chi connectivity index (χ1v) is 6.29. The van der Waals surface area contributed by atoms with Gasteiger partial charge in [-0.3, -0.25) is 0 Å². The van der Waals surface area contributed by atoms with Crippen molar-refractivity contribution in [3.8, 4) is 0 Å². The van der Waals surface area contributed by atoms with Gasteiger partial charge in [-0.05, 0) is 32.0 Å². The molecule has 1 aromatic heterocycles. The Morgan fingerprint density at radius 2 is 2.17 bits per heavy atom. The fraction of sp³-hybridized carbons (Fsp3) is 0.333. The number of nitrogens with two attached hydrogens (primary N) is 1. The van der Waals surface area contributed by atoms with Crippen LogP contribution in [0.25, 0.3) is 0 Å². The maximum absolute atomic E-state index is 13.6. The molecule has 0 atom stereocenters. The van der Waals surface area contributed by atoms with Gasteiger partial charge in [0.2, 0.25) is 0 Å². The van der Waals surface area contributed by atoms with E-state index >= 15 is 0 Å². The first-order valence-electron chi connectivity index (χ1n) is 5.49. The molecule has 0 saturated heterocycles. The normalized spacial score (nSPS) is 11.8. The lowest BCUT2D eigenvalue weighted by Crippen LogP contribution is -2.29. The third-order valence-corrected chi connectivity index (χ3v) is 3.03. The second kappa shape index (κ2) is 4.78. The average Bonchev–Trinajstić information content (AvgIpc) is 2.71. The summed E-state index contributed by atoms with van der Waals surface area (Å²) in [4.78, 5) is 0. The summed E-state index contributed by atoms with van der Waals surface area (Å²) in [7, 11) is 0. The van der Waals surface area contributed by atoms with Gasteiger partial charge in [-0.25, -0.2) is 9.07 Å². The molecule has 0 bridgehead atoms. The first-order chi connectivity index (χ1) is 8.36. The van der Waals surface area contributed by atoms with Gasteiger partial charge < -0.3 is 5.73 Å². The molecule has 0 spiro atoms. The topological polar surface area (TPSA) is 56.7 Å². The largest absolute Gasteiger partial charge is 0.320 e. The molecule has 18 heavy (non-hydrogen) atoms. The Kier molecular flexibility index (Phi) is 3.49. The zero-order chi connectivity index (χ0) is 13.3. The molecule has 96 valence electrons. The van der Waals surface area contributed by atoms with Gasteiger partial charge in [0, 0.05) is 10.0 Å². The highest BCUT2D eigenvalue weighted by atomic mass is 79.9. The molecule has 6 heteroatoms. The summed E-state index contributed by atoms with van der Waals surface area (Å²) in [6.07, 6.45) is 1.74. The molecular formula is C12H14BrFN4. The van der Waals surface area contributed by atoms with Crippen molar-refractivity contribution >= 4 is 15.9 Å². The van der Waals surface area contributed by atoms with Crippen molar-refractivity contribution in [2.75, 3.05) is 0 Å². The van der Waals surface area contributed by atoms with Crippen molar-refractivity contribution in [1.29, 1.82) is 0 Å². The zero-order valence-corrected chi connectivity index (χ0v) is 11.8. The lowest BCUT2D eigenvalue weighted by atomic mass is 10.0. The van der Waals surface area contributed by atoms with E-state index in [1.165, 1.54) is 6.07 Å². The third-order valence-electron chi connectivity index (χ3n) is 2.54. The highest BCUT2D eigenvalue weighted by molar-refractivity contribution is 9.10. The van der Waals surface area contributed by atoms with Crippen LogP contribution in [0.4, 0.5) is 4.39 Å². The maximum Gasteiger partial charge on any atom is 0.128 e. The van der Waals surface area contributed by atoms with E-state index in [-0.39, 0.29) is 5.82 Å². The predicted octanol–water partition coefficient (Wildman–Crippen LogP) is 2.42. The SMILES string of the molecule is CC(C)(N)c1cn(Cc2cc(Br)ccc2F)nn1. The Balaban J connectivity index is 2.24. The quantitative estimate of drug-likeness (QED) is 0.947. The van der Waals surface area contributed by atoms with E-state index in [0.29, 0.717) is 17.8 Å². The molecule has 0 saturated carbocycles. The molecule has 0 aliphatic carbocycles. The number of hydrogen-bond acceptors (Lipinski definition) is 3. The lowest BCUT2D eigenvalue weighted by molar-refractivity contribution is 0.533. The van der Waals surface area contributed by atoms with Gasteiger partial charge in [0.1, 0.15) is 11.5 Å². The highest BCUT2D eigenvalue weighted by Crippen LogP contribution is 2.17. The smallest absolute Gasteiger partial charge is 0.128 e. The number of hydrogen-bond donors (Lipinski definition) is 1.